The smallest absolute Gasteiger partial charge is 0.351 e. The van der Waals surface area contributed by atoms with E-state index in [2.05, 4.69) is 17.2 Å². The number of aliphatic hydroxyl groups is 1. The lowest BCUT2D eigenvalue weighted by atomic mass is 10.1. The highest BCUT2D eigenvalue weighted by molar-refractivity contribution is 8.39. The first kappa shape index (κ1) is 17.4. The molecule has 124 valence electrons. The molecule has 1 fully saturated rings. The second-order valence-corrected chi connectivity index (χ2v) is 6.34. The van der Waals surface area contributed by atoms with Crippen LogP contribution in [0, 0.1) is 0 Å². The second-order valence-electron chi connectivity index (χ2n) is 4.47. The van der Waals surface area contributed by atoms with E-state index >= 15 is 0 Å². The van der Waals surface area contributed by atoms with Crippen LogP contribution >= 0.6 is 19.5 Å². The standard InChI is InChI=1S/C10H15FN3O6PS/c1-18-10(4-15)7(20-21(17)22)6(11)8(19-10)14-3-2-5(12)13-9(14)16/h2-3,6-8,15,21H,4H2,1H3,(H,17,22)(H2,12,13,16)/t6?,7-,8-,10-/m1/s1. The molecular weight excluding hydrogens is 340 g/mol. The quantitative estimate of drug-likeness (QED) is 0.487. The molecule has 1 saturated heterocycles. The number of anilines is 1. The Labute approximate surface area is 130 Å². The van der Waals surface area contributed by atoms with Crippen molar-refractivity contribution in [3.63, 3.8) is 0 Å². The topological polar surface area (TPSA) is 126 Å². The lowest BCUT2D eigenvalue weighted by Gasteiger charge is -2.29. The number of nitrogens with two attached hydrogens (primary N) is 1. The maximum atomic E-state index is 14.6. The third kappa shape index (κ3) is 3.05. The Bertz CT molecular complexity index is 627. The van der Waals surface area contributed by atoms with Crippen LogP contribution in [0.3, 0.4) is 0 Å². The second kappa shape index (κ2) is 6.65. The summed E-state index contributed by atoms with van der Waals surface area (Å²) >= 11 is 3.59. The zero-order chi connectivity index (χ0) is 16.5. The number of rotatable bonds is 5. The van der Waals surface area contributed by atoms with Gasteiger partial charge < -0.3 is 24.8 Å². The van der Waals surface area contributed by atoms with E-state index in [-0.39, 0.29) is 5.82 Å². The summed E-state index contributed by atoms with van der Waals surface area (Å²) in [6.07, 6.45) is -3.81. The van der Waals surface area contributed by atoms with Crippen molar-refractivity contribution in [2.24, 2.45) is 0 Å². The van der Waals surface area contributed by atoms with Crippen LogP contribution in [0.4, 0.5) is 10.2 Å². The van der Waals surface area contributed by atoms with Gasteiger partial charge in [0.25, 0.3) is 0 Å². The predicted molar refractivity (Wildman–Crippen MR) is 77.6 cm³/mol. The fourth-order valence-corrected chi connectivity index (χ4v) is 3.05. The van der Waals surface area contributed by atoms with Crippen LogP contribution in [-0.4, -0.2) is 46.4 Å². The Morgan fingerprint density at radius 2 is 2.41 bits per heavy atom. The van der Waals surface area contributed by atoms with E-state index in [1.807, 2.05) is 0 Å². The first-order valence-corrected chi connectivity index (χ1v) is 8.67. The summed E-state index contributed by atoms with van der Waals surface area (Å²) < 4.78 is 41.9. The molecule has 0 radical (unpaired) electrons. The minimum atomic E-state index is -2.85. The summed E-state index contributed by atoms with van der Waals surface area (Å²) in [6, 6.07) is 1.28. The number of nitrogens with zero attached hydrogens (tertiary/aromatic N) is 2. The summed E-state index contributed by atoms with van der Waals surface area (Å²) in [4.78, 5) is 15.3. The normalized spacial score (nSPS) is 33.0. The Morgan fingerprint density at radius 3 is 2.91 bits per heavy atom. The van der Waals surface area contributed by atoms with Gasteiger partial charge in [-0.05, 0) is 6.07 Å². The van der Waals surface area contributed by atoms with Gasteiger partial charge in [-0.2, -0.15) is 4.98 Å². The molecular formula is C10H15FN3O6PS. The van der Waals surface area contributed by atoms with Crippen LogP contribution < -0.4 is 11.4 Å². The zero-order valence-corrected chi connectivity index (χ0v) is 13.3. The molecule has 0 saturated carbocycles. The van der Waals surface area contributed by atoms with Crippen molar-refractivity contribution in [1.29, 1.82) is 0 Å². The highest BCUT2D eigenvalue weighted by atomic mass is 32.7. The number of halogens is 1. The van der Waals surface area contributed by atoms with Crippen molar-refractivity contribution in [2.45, 2.75) is 24.3 Å². The lowest BCUT2D eigenvalue weighted by Crippen LogP contribution is -2.47. The summed E-state index contributed by atoms with van der Waals surface area (Å²) in [5.74, 6) is -1.96. The molecule has 2 unspecified atom stereocenters. The fourth-order valence-electron chi connectivity index (χ4n) is 2.18. The molecule has 1 aromatic rings. The molecule has 0 aliphatic carbocycles. The molecule has 2 heterocycles. The summed E-state index contributed by atoms with van der Waals surface area (Å²) in [6.45, 7) is -0.787. The van der Waals surface area contributed by atoms with Gasteiger partial charge in [0.1, 0.15) is 12.4 Å². The number of hydrogen-bond donors (Lipinski definition) is 3. The van der Waals surface area contributed by atoms with Gasteiger partial charge in [0, 0.05) is 13.3 Å². The number of alkyl halides is 1. The molecule has 1 aliphatic heterocycles. The summed E-state index contributed by atoms with van der Waals surface area (Å²) in [7, 11) is -1.70. The van der Waals surface area contributed by atoms with Crippen LogP contribution in [0.25, 0.3) is 0 Å². The van der Waals surface area contributed by atoms with Gasteiger partial charge in [-0.15, -0.1) is 0 Å². The van der Waals surface area contributed by atoms with Gasteiger partial charge in [0.05, 0.1) is 0 Å². The average molecular weight is 355 g/mol. The Kier molecular flexibility index (Phi) is 5.25. The number of nitrogen functional groups attached to an aromatic ring is 1. The van der Waals surface area contributed by atoms with E-state index in [1.165, 1.54) is 12.3 Å². The third-order valence-electron chi connectivity index (χ3n) is 3.23. The van der Waals surface area contributed by atoms with Crippen molar-refractivity contribution in [2.75, 3.05) is 19.5 Å². The highest BCUT2D eigenvalue weighted by Gasteiger charge is 2.58. The average Bonchev–Trinajstić information content (AvgIpc) is 2.73. The number of aliphatic hydroxyl groups excluding tert-OH is 1. The van der Waals surface area contributed by atoms with E-state index < -0.39 is 43.8 Å². The lowest BCUT2D eigenvalue weighted by molar-refractivity contribution is -0.265. The number of methoxy groups -OCH3 is 1. The van der Waals surface area contributed by atoms with E-state index in [0.29, 0.717) is 0 Å². The van der Waals surface area contributed by atoms with Gasteiger partial charge in [-0.3, -0.25) is 9.13 Å². The van der Waals surface area contributed by atoms with Crippen LogP contribution in [-0.2, 0) is 18.6 Å². The molecule has 0 bridgehead atoms. The van der Waals surface area contributed by atoms with Gasteiger partial charge >= 0.3 is 5.69 Å². The molecule has 22 heavy (non-hydrogen) atoms. The third-order valence-corrected chi connectivity index (χ3v) is 4.01. The largest absolute Gasteiger partial charge is 0.391 e. The molecule has 1 aromatic heterocycles. The Morgan fingerprint density at radius 1 is 1.73 bits per heavy atom. The SMILES string of the molecule is CO[C@]1(CO)O[C@@H](n2ccc(N)nc2=O)C(F)[C@H]1O[PH](=O)S. The molecule has 0 amide bonds. The first-order chi connectivity index (χ1) is 10.3. The molecule has 0 aromatic carbocycles. The molecule has 0 spiro atoms. The van der Waals surface area contributed by atoms with Gasteiger partial charge in [-0.1, -0.05) is 12.2 Å². The molecule has 3 N–H and O–H groups in total. The van der Waals surface area contributed by atoms with Crippen LogP contribution in [0.1, 0.15) is 6.23 Å². The fraction of sp³-hybridized carbons (Fsp3) is 0.600. The van der Waals surface area contributed by atoms with E-state index in [4.69, 9.17) is 19.7 Å². The van der Waals surface area contributed by atoms with E-state index in [1.54, 1.807) is 0 Å². The van der Waals surface area contributed by atoms with Crippen molar-refractivity contribution in [1.82, 2.24) is 9.55 Å². The monoisotopic (exact) mass is 355 g/mol. The minimum absolute atomic E-state index is 0.0389. The van der Waals surface area contributed by atoms with Crippen molar-refractivity contribution < 1.29 is 28.1 Å². The van der Waals surface area contributed by atoms with Crippen molar-refractivity contribution in [3.05, 3.63) is 22.7 Å². The first-order valence-electron chi connectivity index (χ1n) is 6.07. The number of hydrogen-bond acceptors (Lipinski definition) is 8. The number of thiol groups is 1. The molecule has 5 atom stereocenters. The molecule has 1 aliphatic rings. The summed E-state index contributed by atoms with van der Waals surface area (Å²) in [5.41, 5.74) is 4.51. The van der Waals surface area contributed by atoms with Gasteiger partial charge in [0.15, 0.2) is 18.5 Å². The van der Waals surface area contributed by atoms with Crippen LogP contribution in [0.2, 0.25) is 0 Å². The van der Waals surface area contributed by atoms with Crippen molar-refractivity contribution >= 4 is 25.3 Å². The number of aromatic nitrogens is 2. The maximum absolute atomic E-state index is 14.6. The Hall–Kier alpha value is -0.970. The zero-order valence-electron chi connectivity index (χ0n) is 11.4. The van der Waals surface area contributed by atoms with Crippen LogP contribution in [0.5, 0.6) is 0 Å². The van der Waals surface area contributed by atoms with E-state index in [9.17, 15) is 18.9 Å². The maximum Gasteiger partial charge on any atom is 0.351 e. The predicted octanol–water partition coefficient (Wildman–Crippen LogP) is -0.268. The van der Waals surface area contributed by atoms with Gasteiger partial charge in [-0.25, -0.2) is 9.18 Å². The van der Waals surface area contributed by atoms with E-state index in [0.717, 1.165) is 11.7 Å². The van der Waals surface area contributed by atoms with Crippen molar-refractivity contribution in [3.8, 4) is 0 Å². The summed E-state index contributed by atoms with van der Waals surface area (Å²) in [5, 5.41) is 9.46. The molecule has 2 rings (SSSR count). The minimum Gasteiger partial charge on any atom is -0.391 e. The number of ether oxygens (including phenoxy) is 2. The highest BCUT2D eigenvalue weighted by Crippen LogP contribution is 2.45. The van der Waals surface area contributed by atoms with Crippen LogP contribution in [0.15, 0.2) is 17.1 Å². The molecule has 9 nitrogen and oxygen atoms in total. The van der Waals surface area contributed by atoms with Gasteiger partial charge in [0.2, 0.25) is 13.0 Å². The molecule has 12 heteroatoms. The Balaban J connectivity index is 2.42.